The molecule has 0 aliphatic heterocycles. The Hall–Kier alpha value is -1.68. The van der Waals surface area contributed by atoms with E-state index in [9.17, 15) is 0 Å². The summed E-state index contributed by atoms with van der Waals surface area (Å²) in [6, 6.07) is 4.18. The third-order valence-corrected chi connectivity index (χ3v) is 2.80. The van der Waals surface area contributed by atoms with Crippen LogP contribution in [-0.4, -0.2) is 20.8 Å². The maximum Gasteiger partial charge on any atom is 0.156 e. The first-order valence-corrected chi connectivity index (χ1v) is 5.91. The van der Waals surface area contributed by atoms with Gasteiger partial charge in [0.05, 0.1) is 6.20 Å². The molecule has 2 aromatic rings. The van der Waals surface area contributed by atoms with Crippen molar-refractivity contribution in [3.63, 3.8) is 0 Å². The SMILES string of the molecule is CCC(N)Cc1cccnc1-n1cc(C)cn1. The molecule has 1 unspecified atom stereocenters. The van der Waals surface area contributed by atoms with Gasteiger partial charge in [0.15, 0.2) is 5.82 Å². The Morgan fingerprint density at radius 3 is 2.94 bits per heavy atom. The molecule has 0 aliphatic carbocycles. The molecule has 0 bridgehead atoms. The fraction of sp³-hybridized carbons (Fsp3) is 0.385. The number of hydrogen-bond acceptors (Lipinski definition) is 3. The van der Waals surface area contributed by atoms with E-state index in [1.165, 1.54) is 0 Å². The van der Waals surface area contributed by atoms with Crippen molar-refractivity contribution in [1.82, 2.24) is 14.8 Å². The van der Waals surface area contributed by atoms with Crippen LogP contribution in [0.3, 0.4) is 0 Å². The average Bonchev–Trinajstić information content (AvgIpc) is 2.76. The van der Waals surface area contributed by atoms with Gasteiger partial charge in [-0.3, -0.25) is 0 Å². The van der Waals surface area contributed by atoms with Crippen molar-refractivity contribution < 1.29 is 0 Å². The molecule has 0 amide bonds. The lowest BCUT2D eigenvalue weighted by molar-refractivity contribution is 0.639. The maximum absolute atomic E-state index is 6.00. The number of nitrogens with two attached hydrogens (primary N) is 1. The highest BCUT2D eigenvalue weighted by Crippen LogP contribution is 2.13. The number of hydrogen-bond donors (Lipinski definition) is 1. The predicted molar refractivity (Wildman–Crippen MR) is 68.1 cm³/mol. The maximum atomic E-state index is 6.00. The normalized spacial score (nSPS) is 12.6. The molecular weight excluding hydrogens is 212 g/mol. The second-order valence-corrected chi connectivity index (χ2v) is 4.32. The van der Waals surface area contributed by atoms with Crippen LogP contribution in [-0.2, 0) is 6.42 Å². The van der Waals surface area contributed by atoms with E-state index in [1.807, 2.05) is 30.1 Å². The molecule has 2 aromatic heterocycles. The molecular formula is C13H18N4. The van der Waals surface area contributed by atoms with Gasteiger partial charge >= 0.3 is 0 Å². The summed E-state index contributed by atoms with van der Waals surface area (Å²) >= 11 is 0. The highest BCUT2D eigenvalue weighted by atomic mass is 15.3. The molecule has 2 N–H and O–H groups in total. The number of nitrogens with zero attached hydrogens (tertiary/aromatic N) is 3. The summed E-state index contributed by atoms with van der Waals surface area (Å²) in [5.41, 5.74) is 8.27. The second-order valence-electron chi connectivity index (χ2n) is 4.32. The van der Waals surface area contributed by atoms with Crippen LogP contribution in [0, 0.1) is 6.92 Å². The van der Waals surface area contributed by atoms with Crippen molar-refractivity contribution in [2.75, 3.05) is 0 Å². The summed E-state index contributed by atoms with van der Waals surface area (Å²) in [6.07, 6.45) is 7.39. The molecule has 0 fully saturated rings. The second kappa shape index (κ2) is 5.10. The topological polar surface area (TPSA) is 56.7 Å². The zero-order chi connectivity index (χ0) is 12.3. The Labute approximate surface area is 101 Å². The van der Waals surface area contributed by atoms with Crippen LogP contribution in [0.1, 0.15) is 24.5 Å². The Balaban J connectivity index is 2.33. The molecule has 0 saturated heterocycles. The summed E-state index contributed by atoms with van der Waals surface area (Å²) in [7, 11) is 0. The number of aromatic nitrogens is 3. The quantitative estimate of drug-likeness (QED) is 0.872. The minimum absolute atomic E-state index is 0.176. The Bertz CT molecular complexity index is 490. The Kier molecular flexibility index (Phi) is 3.54. The van der Waals surface area contributed by atoms with Crippen molar-refractivity contribution in [1.29, 1.82) is 0 Å². The van der Waals surface area contributed by atoms with Gasteiger partial charge in [-0.15, -0.1) is 0 Å². The fourth-order valence-corrected chi connectivity index (χ4v) is 1.75. The average molecular weight is 230 g/mol. The minimum atomic E-state index is 0.176. The minimum Gasteiger partial charge on any atom is -0.327 e. The summed E-state index contributed by atoms with van der Waals surface area (Å²) in [4.78, 5) is 4.39. The first-order valence-electron chi connectivity index (χ1n) is 5.91. The molecule has 0 saturated carbocycles. The van der Waals surface area contributed by atoms with E-state index in [0.717, 1.165) is 29.8 Å². The first kappa shape index (κ1) is 11.8. The van der Waals surface area contributed by atoms with E-state index in [-0.39, 0.29) is 6.04 Å². The standard InChI is InChI=1S/C13H18N4/c1-3-12(14)7-11-5-4-6-15-13(11)17-9-10(2)8-16-17/h4-6,8-9,12H,3,7,14H2,1-2H3. The third kappa shape index (κ3) is 2.71. The highest BCUT2D eigenvalue weighted by molar-refractivity contribution is 5.33. The van der Waals surface area contributed by atoms with Gasteiger partial charge in [0.2, 0.25) is 0 Å². The zero-order valence-electron chi connectivity index (χ0n) is 10.3. The molecule has 0 spiro atoms. The molecule has 90 valence electrons. The van der Waals surface area contributed by atoms with E-state index < -0.39 is 0 Å². The van der Waals surface area contributed by atoms with Gasteiger partial charge in [-0.05, 0) is 37.0 Å². The monoisotopic (exact) mass is 230 g/mol. The molecule has 17 heavy (non-hydrogen) atoms. The molecule has 4 nitrogen and oxygen atoms in total. The van der Waals surface area contributed by atoms with E-state index in [2.05, 4.69) is 23.1 Å². The summed E-state index contributed by atoms with van der Waals surface area (Å²) in [6.45, 7) is 4.11. The summed E-state index contributed by atoms with van der Waals surface area (Å²) in [5.74, 6) is 0.879. The van der Waals surface area contributed by atoms with Gasteiger partial charge in [-0.1, -0.05) is 13.0 Å². The molecule has 2 heterocycles. The van der Waals surface area contributed by atoms with Crippen molar-refractivity contribution in [3.05, 3.63) is 41.9 Å². The molecule has 0 radical (unpaired) electrons. The van der Waals surface area contributed by atoms with Crippen molar-refractivity contribution in [2.24, 2.45) is 5.73 Å². The smallest absolute Gasteiger partial charge is 0.156 e. The van der Waals surface area contributed by atoms with Gasteiger partial charge in [0, 0.05) is 18.4 Å². The first-order chi connectivity index (χ1) is 8.20. The molecule has 0 aromatic carbocycles. The number of rotatable bonds is 4. The molecule has 1 atom stereocenters. The van der Waals surface area contributed by atoms with Crippen molar-refractivity contribution in [2.45, 2.75) is 32.7 Å². The van der Waals surface area contributed by atoms with Gasteiger partial charge in [-0.2, -0.15) is 5.10 Å². The van der Waals surface area contributed by atoms with Gasteiger partial charge in [0.1, 0.15) is 0 Å². The van der Waals surface area contributed by atoms with Crippen LogP contribution in [0.15, 0.2) is 30.7 Å². The lowest BCUT2D eigenvalue weighted by Crippen LogP contribution is -2.22. The van der Waals surface area contributed by atoms with Gasteiger partial charge < -0.3 is 5.73 Å². The predicted octanol–water partition coefficient (Wildman–Crippen LogP) is 1.86. The van der Waals surface area contributed by atoms with Crippen LogP contribution in [0.5, 0.6) is 0 Å². The van der Waals surface area contributed by atoms with Crippen molar-refractivity contribution >= 4 is 0 Å². The number of aryl methyl sites for hydroxylation is 1. The van der Waals surface area contributed by atoms with E-state index in [0.29, 0.717) is 0 Å². The largest absolute Gasteiger partial charge is 0.327 e. The van der Waals surface area contributed by atoms with E-state index in [4.69, 9.17) is 5.73 Å². The van der Waals surface area contributed by atoms with E-state index >= 15 is 0 Å². The van der Waals surface area contributed by atoms with Gasteiger partial charge in [0.25, 0.3) is 0 Å². The fourth-order valence-electron chi connectivity index (χ4n) is 1.75. The Morgan fingerprint density at radius 2 is 2.29 bits per heavy atom. The van der Waals surface area contributed by atoms with Crippen molar-refractivity contribution in [3.8, 4) is 5.82 Å². The van der Waals surface area contributed by atoms with Crippen LogP contribution in [0.2, 0.25) is 0 Å². The third-order valence-electron chi connectivity index (χ3n) is 2.80. The summed E-state index contributed by atoms with van der Waals surface area (Å²) < 4.78 is 1.81. The molecule has 4 heteroatoms. The van der Waals surface area contributed by atoms with Crippen LogP contribution in [0.4, 0.5) is 0 Å². The summed E-state index contributed by atoms with van der Waals surface area (Å²) in [5, 5.41) is 4.29. The zero-order valence-corrected chi connectivity index (χ0v) is 10.3. The number of pyridine rings is 1. The highest BCUT2D eigenvalue weighted by Gasteiger charge is 2.09. The lowest BCUT2D eigenvalue weighted by atomic mass is 10.1. The Morgan fingerprint density at radius 1 is 1.47 bits per heavy atom. The molecule has 0 aliphatic rings. The van der Waals surface area contributed by atoms with Gasteiger partial charge in [-0.25, -0.2) is 9.67 Å². The van der Waals surface area contributed by atoms with Crippen LogP contribution >= 0.6 is 0 Å². The molecule has 2 rings (SSSR count). The van der Waals surface area contributed by atoms with E-state index in [1.54, 1.807) is 6.20 Å². The van der Waals surface area contributed by atoms with Crippen LogP contribution in [0.25, 0.3) is 5.82 Å². The lowest BCUT2D eigenvalue weighted by Gasteiger charge is -2.12. The van der Waals surface area contributed by atoms with Crippen LogP contribution < -0.4 is 5.73 Å².